The van der Waals surface area contributed by atoms with Gasteiger partial charge in [-0.25, -0.2) is 0 Å². The van der Waals surface area contributed by atoms with Crippen LogP contribution in [0, 0.1) is 0 Å². The molecule has 2 saturated heterocycles. The predicted octanol–water partition coefficient (Wildman–Crippen LogP) is 1.76. The van der Waals surface area contributed by atoms with Gasteiger partial charge in [-0.1, -0.05) is 19.3 Å². The van der Waals surface area contributed by atoms with Crippen molar-refractivity contribution >= 4 is 0 Å². The van der Waals surface area contributed by atoms with Crippen LogP contribution in [0.2, 0.25) is 0 Å². The van der Waals surface area contributed by atoms with Crippen LogP contribution in [0.1, 0.15) is 44.9 Å². The highest BCUT2D eigenvalue weighted by molar-refractivity contribution is 5.03. The summed E-state index contributed by atoms with van der Waals surface area (Å²) in [6, 6.07) is 0.877. The normalized spacial score (nSPS) is 37.3. The van der Waals surface area contributed by atoms with Crippen LogP contribution in [0.15, 0.2) is 0 Å². The first kappa shape index (κ1) is 9.17. The highest BCUT2D eigenvalue weighted by Gasteiger charge is 2.45. The number of rotatable bonds is 0. The number of piperazine rings is 1. The highest BCUT2D eigenvalue weighted by Crippen LogP contribution is 2.39. The van der Waals surface area contributed by atoms with Crippen LogP contribution in [-0.2, 0) is 0 Å². The first-order valence-corrected chi connectivity index (χ1v) is 6.38. The van der Waals surface area contributed by atoms with E-state index in [2.05, 4.69) is 10.2 Å². The Hall–Kier alpha value is -0.0800. The van der Waals surface area contributed by atoms with Crippen LogP contribution >= 0.6 is 0 Å². The molecule has 0 unspecified atom stereocenters. The van der Waals surface area contributed by atoms with E-state index in [-0.39, 0.29) is 0 Å². The molecular weight excluding hydrogens is 172 g/mol. The van der Waals surface area contributed by atoms with Gasteiger partial charge in [0.25, 0.3) is 0 Å². The lowest BCUT2D eigenvalue weighted by Crippen LogP contribution is -2.64. The molecule has 1 spiro atoms. The van der Waals surface area contributed by atoms with Crippen LogP contribution in [0.25, 0.3) is 0 Å². The van der Waals surface area contributed by atoms with Gasteiger partial charge in [0.05, 0.1) is 0 Å². The van der Waals surface area contributed by atoms with E-state index < -0.39 is 0 Å². The van der Waals surface area contributed by atoms with Crippen LogP contribution in [0.4, 0.5) is 0 Å². The molecule has 1 saturated carbocycles. The lowest BCUT2D eigenvalue weighted by atomic mass is 9.78. The lowest BCUT2D eigenvalue weighted by molar-refractivity contribution is 0.0127. The smallest absolute Gasteiger partial charge is 0.0337 e. The van der Waals surface area contributed by atoms with E-state index in [9.17, 15) is 0 Å². The molecule has 3 fully saturated rings. The Bertz CT molecular complexity index is 203. The average Bonchev–Trinajstić information content (AvgIpc) is 2.69. The average molecular weight is 194 g/mol. The maximum atomic E-state index is 3.68. The van der Waals surface area contributed by atoms with Gasteiger partial charge >= 0.3 is 0 Å². The van der Waals surface area contributed by atoms with E-state index in [0.717, 1.165) is 6.04 Å². The van der Waals surface area contributed by atoms with Crippen molar-refractivity contribution in [2.24, 2.45) is 0 Å². The second kappa shape index (κ2) is 3.49. The zero-order valence-corrected chi connectivity index (χ0v) is 9.10. The zero-order valence-electron chi connectivity index (χ0n) is 9.10. The molecule has 1 aliphatic carbocycles. The van der Waals surface area contributed by atoms with Gasteiger partial charge in [-0.05, 0) is 32.2 Å². The van der Waals surface area contributed by atoms with Crippen molar-refractivity contribution in [3.63, 3.8) is 0 Å². The number of hydrogen-bond acceptors (Lipinski definition) is 2. The summed E-state index contributed by atoms with van der Waals surface area (Å²) in [4.78, 5) is 2.86. The van der Waals surface area contributed by atoms with E-state index in [1.165, 1.54) is 64.6 Å². The summed E-state index contributed by atoms with van der Waals surface area (Å²) in [5.41, 5.74) is 0.581. The SMILES string of the molecule is C1CCC2(CC1)CNC[C@@H]1CCCN12. The summed E-state index contributed by atoms with van der Waals surface area (Å²) < 4.78 is 0. The molecular formula is C12H22N2. The Balaban J connectivity index is 1.81. The molecule has 1 atom stereocenters. The third kappa shape index (κ3) is 1.31. The molecule has 14 heavy (non-hydrogen) atoms. The molecule has 0 aromatic rings. The van der Waals surface area contributed by atoms with Gasteiger partial charge in [-0.3, -0.25) is 4.90 Å². The summed E-state index contributed by atoms with van der Waals surface area (Å²) >= 11 is 0. The second-order valence-electron chi connectivity index (χ2n) is 5.41. The van der Waals surface area contributed by atoms with Crippen molar-refractivity contribution in [1.29, 1.82) is 0 Å². The number of nitrogens with zero attached hydrogens (tertiary/aromatic N) is 1. The lowest BCUT2D eigenvalue weighted by Gasteiger charge is -2.51. The summed E-state index contributed by atoms with van der Waals surface area (Å²) in [6.07, 6.45) is 10.2. The Kier molecular flexibility index (Phi) is 2.29. The molecule has 0 amide bonds. The van der Waals surface area contributed by atoms with Crippen molar-refractivity contribution in [2.45, 2.75) is 56.5 Å². The fourth-order valence-corrected chi connectivity index (χ4v) is 3.92. The third-order valence-corrected chi connectivity index (χ3v) is 4.60. The number of fused-ring (bicyclic) bond motifs is 2. The first-order chi connectivity index (χ1) is 6.91. The zero-order chi connectivity index (χ0) is 9.43. The van der Waals surface area contributed by atoms with Gasteiger partial charge in [-0.2, -0.15) is 0 Å². The van der Waals surface area contributed by atoms with E-state index in [1.54, 1.807) is 0 Å². The van der Waals surface area contributed by atoms with Gasteiger partial charge in [0.2, 0.25) is 0 Å². The van der Waals surface area contributed by atoms with E-state index >= 15 is 0 Å². The highest BCUT2D eigenvalue weighted by atomic mass is 15.3. The Morgan fingerprint density at radius 1 is 1.07 bits per heavy atom. The molecule has 0 radical (unpaired) electrons. The minimum atomic E-state index is 0.581. The molecule has 1 N–H and O–H groups in total. The number of hydrogen-bond donors (Lipinski definition) is 1. The topological polar surface area (TPSA) is 15.3 Å². The Morgan fingerprint density at radius 2 is 1.93 bits per heavy atom. The molecule has 3 aliphatic rings. The minimum absolute atomic E-state index is 0.581. The summed E-state index contributed by atoms with van der Waals surface area (Å²) in [6.45, 7) is 3.90. The van der Waals surface area contributed by atoms with E-state index in [0.29, 0.717) is 5.54 Å². The van der Waals surface area contributed by atoms with Gasteiger partial charge in [0.1, 0.15) is 0 Å². The minimum Gasteiger partial charge on any atom is -0.313 e. The monoisotopic (exact) mass is 194 g/mol. The van der Waals surface area contributed by atoms with Crippen LogP contribution in [0.5, 0.6) is 0 Å². The largest absolute Gasteiger partial charge is 0.313 e. The number of nitrogens with one attached hydrogen (secondary N) is 1. The van der Waals surface area contributed by atoms with Crippen LogP contribution < -0.4 is 5.32 Å². The molecule has 0 bridgehead atoms. The van der Waals surface area contributed by atoms with Crippen molar-refractivity contribution in [1.82, 2.24) is 10.2 Å². The Morgan fingerprint density at radius 3 is 2.79 bits per heavy atom. The predicted molar refractivity (Wildman–Crippen MR) is 58.4 cm³/mol. The summed E-state index contributed by atoms with van der Waals surface area (Å²) in [5.74, 6) is 0. The molecule has 0 aromatic heterocycles. The van der Waals surface area contributed by atoms with E-state index in [4.69, 9.17) is 0 Å². The van der Waals surface area contributed by atoms with Crippen LogP contribution in [0.3, 0.4) is 0 Å². The van der Waals surface area contributed by atoms with E-state index in [1.807, 2.05) is 0 Å². The second-order valence-corrected chi connectivity index (χ2v) is 5.41. The van der Waals surface area contributed by atoms with Crippen molar-refractivity contribution in [2.75, 3.05) is 19.6 Å². The Labute approximate surface area is 87.0 Å². The molecule has 3 rings (SSSR count). The standard InChI is InChI=1S/C12H22N2/c1-2-6-12(7-3-1)10-13-9-11-5-4-8-14(11)12/h11,13H,1-10H2/t11-/m0/s1. The van der Waals surface area contributed by atoms with Crippen LogP contribution in [-0.4, -0.2) is 36.1 Å². The molecule has 80 valence electrons. The first-order valence-electron chi connectivity index (χ1n) is 6.38. The maximum Gasteiger partial charge on any atom is 0.0337 e. The fourth-order valence-electron chi connectivity index (χ4n) is 3.92. The molecule has 2 aliphatic heterocycles. The summed E-state index contributed by atoms with van der Waals surface area (Å²) in [7, 11) is 0. The molecule has 0 aromatic carbocycles. The van der Waals surface area contributed by atoms with Crippen molar-refractivity contribution < 1.29 is 0 Å². The van der Waals surface area contributed by atoms with Crippen molar-refractivity contribution in [3.05, 3.63) is 0 Å². The molecule has 2 heterocycles. The van der Waals surface area contributed by atoms with Crippen molar-refractivity contribution in [3.8, 4) is 0 Å². The fraction of sp³-hybridized carbons (Fsp3) is 1.00. The molecule has 2 nitrogen and oxygen atoms in total. The van der Waals surface area contributed by atoms with Gasteiger partial charge in [0, 0.05) is 24.7 Å². The van der Waals surface area contributed by atoms with Gasteiger partial charge in [-0.15, -0.1) is 0 Å². The molecule has 2 heteroatoms. The third-order valence-electron chi connectivity index (χ3n) is 4.60. The quantitative estimate of drug-likeness (QED) is 0.632. The van der Waals surface area contributed by atoms with Gasteiger partial charge in [0.15, 0.2) is 0 Å². The summed E-state index contributed by atoms with van der Waals surface area (Å²) in [5, 5.41) is 3.68. The van der Waals surface area contributed by atoms with Gasteiger partial charge < -0.3 is 5.32 Å². The maximum absolute atomic E-state index is 3.68.